The number of carbonyl (C=O) groups is 2. The van der Waals surface area contributed by atoms with Crippen molar-refractivity contribution in [1.29, 1.82) is 0 Å². The van der Waals surface area contributed by atoms with Crippen molar-refractivity contribution in [3.63, 3.8) is 0 Å². The molecule has 94 valence electrons. The van der Waals surface area contributed by atoms with Gasteiger partial charge >= 0.3 is 5.97 Å². The predicted molar refractivity (Wildman–Crippen MR) is 58.7 cm³/mol. The van der Waals surface area contributed by atoms with Gasteiger partial charge < -0.3 is 15.5 Å². The zero-order chi connectivity index (χ0) is 13.2. The smallest absolute Gasteiger partial charge is 0.328 e. The predicted octanol–water partition coefficient (Wildman–Crippen LogP) is -0.788. The monoisotopic (exact) mass is 241 g/mol. The van der Waals surface area contributed by atoms with Crippen molar-refractivity contribution in [3.8, 4) is 0 Å². The Morgan fingerprint density at radius 1 is 1.47 bits per heavy atom. The van der Waals surface area contributed by atoms with E-state index in [9.17, 15) is 9.59 Å². The summed E-state index contributed by atoms with van der Waals surface area (Å²) in [5.41, 5.74) is 1.50. The van der Waals surface area contributed by atoms with Crippen molar-refractivity contribution in [2.24, 2.45) is 7.05 Å². The van der Waals surface area contributed by atoms with Crippen LogP contribution in [0, 0.1) is 13.8 Å². The van der Waals surface area contributed by atoms with Crippen LogP contribution in [0.4, 0.5) is 0 Å². The van der Waals surface area contributed by atoms with E-state index >= 15 is 0 Å². The van der Waals surface area contributed by atoms with Crippen molar-refractivity contribution >= 4 is 11.9 Å². The van der Waals surface area contributed by atoms with Gasteiger partial charge in [0.25, 0.3) is 5.91 Å². The molecular weight excluding hydrogens is 226 g/mol. The van der Waals surface area contributed by atoms with Crippen LogP contribution >= 0.6 is 0 Å². The Labute approximate surface area is 98.1 Å². The van der Waals surface area contributed by atoms with Gasteiger partial charge in [-0.3, -0.25) is 9.48 Å². The molecule has 0 radical (unpaired) electrons. The molecule has 1 amide bonds. The first-order valence-corrected chi connectivity index (χ1v) is 5.03. The van der Waals surface area contributed by atoms with E-state index in [1.807, 2.05) is 0 Å². The maximum atomic E-state index is 11.8. The van der Waals surface area contributed by atoms with E-state index < -0.39 is 24.5 Å². The summed E-state index contributed by atoms with van der Waals surface area (Å²) in [5, 5.41) is 23.8. The molecule has 3 N–H and O–H groups in total. The number of aryl methyl sites for hydroxylation is 2. The first-order chi connectivity index (χ1) is 7.88. The minimum Gasteiger partial charge on any atom is -0.480 e. The van der Waals surface area contributed by atoms with Gasteiger partial charge in [-0.1, -0.05) is 0 Å². The summed E-state index contributed by atoms with van der Waals surface area (Å²) in [4.78, 5) is 22.5. The Kier molecular flexibility index (Phi) is 3.84. The summed E-state index contributed by atoms with van der Waals surface area (Å²) in [6.07, 6.45) is 0. The lowest BCUT2D eigenvalue weighted by Gasteiger charge is -2.11. The van der Waals surface area contributed by atoms with E-state index in [0.717, 1.165) is 0 Å². The highest BCUT2D eigenvalue weighted by molar-refractivity contribution is 5.98. The molecule has 1 heterocycles. The molecule has 1 atom stereocenters. The first kappa shape index (κ1) is 13.2. The van der Waals surface area contributed by atoms with Gasteiger partial charge in [-0.15, -0.1) is 0 Å². The topological polar surface area (TPSA) is 104 Å². The SMILES string of the molecule is Cc1nn(C)c(C)c1C(=O)N[C@H](CO)C(=O)O. The number of carboxylic acids is 1. The van der Waals surface area contributed by atoms with Crippen LogP contribution in [-0.4, -0.2) is 44.5 Å². The van der Waals surface area contributed by atoms with Crippen molar-refractivity contribution in [3.05, 3.63) is 17.0 Å². The van der Waals surface area contributed by atoms with Crippen LogP contribution in [0.1, 0.15) is 21.7 Å². The van der Waals surface area contributed by atoms with E-state index in [2.05, 4.69) is 10.4 Å². The first-order valence-electron chi connectivity index (χ1n) is 5.03. The molecule has 0 fully saturated rings. The minimum absolute atomic E-state index is 0.340. The minimum atomic E-state index is -1.30. The highest BCUT2D eigenvalue weighted by Gasteiger charge is 2.23. The number of aromatic nitrogens is 2. The standard InChI is InChI=1S/C10H15N3O4/c1-5-8(6(2)13(3)12-5)9(15)11-7(4-14)10(16)17/h7,14H,4H2,1-3H3,(H,11,15)(H,16,17)/t7-/m1/s1. The molecule has 7 heteroatoms. The fourth-order valence-corrected chi connectivity index (χ4v) is 1.52. The number of aliphatic carboxylic acids is 1. The number of amides is 1. The maximum absolute atomic E-state index is 11.8. The van der Waals surface area contributed by atoms with Crippen LogP contribution in [0.3, 0.4) is 0 Å². The second-order valence-electron chi connectivity index (χ2n) is 3.72. The Bertz CT molecular complexity index is 453. The molecule has 0 aliphatic rings. The summed E-state index contributed by atoms with van der Waals surface area (Å²) < 4.78 is 1.54. The highest BCUT2D eigenvalue weighted by atomic mass is 16.4. The number of carbonyl (C=O) groups excluding carboxylic acids is 1. The molecule has 0 spiro atoms. The Hall–Kier alpha value is -1.89. The molecule has 7 nitrogen and oxygen atoms in total. The lowest BCUT2D eigenvalue weighted by Crippen LogP contribution is -2.43. The third-order valence-electron chi connectivity index (χ3n) is 2.52. The molecule has 1 aromatic rings. The molecule has 0 bridgehead atoms. The third kappa shape index (κ3) is 2.62. The molecular formula is C10H15N3O4. The second kappa shape index (κ2) is 4.96. The zero-order valence-corrected chi connectivity index (χ0v) is 9.89. The number of nitrogens with zero attached hydrogens (tertiary/aromatic N) is 2. The zero-order valence-electron chi connectivity index (χ0n) is 9.89. The van der Waals surface area contributed by atoms with E-state index in [-0.39, 0.29) is 0 Å². The van der Waals surface area contributed by atoms with Gasteiger partial charge in [0.2, 0.25) is 0 Å². The summed E-state index contributed by atoms with van der Waals surface area (Å²) in [5.74, 6) is -1.82. The van der Waals surface area contributed by atoms with Crippen LogP contribution in [0.5, 0.6) is 0 Å². The average Bonchev–Trinajstić information content (AvgIpc) is 2.49. The molecule has 1 rings (SSSR count). The summed E-state index contributed by atoms with van der Waals surface area (Å²) in [6.45, 7) is 2.72. The van der Waals surface area contributed by atoms with Crippen LogP contribution < -0.4 is 5.32 Å². The molecule has 0 aliphatic heterocycles. The van der Waals surface area contributed by atoms with E-state index in [0.29, 0.717) is 17.0 Å². The van der Waals surface area contributed by atoms with Crippen LogP contribution in [-0.2, 0) is 11.8 Å². The van der Waals surface area contributed by atoms with Crippen LogP contribution in [0.15, 0.2) is 0 Å². The fraction of sp³-hybridized carbons (Fsp3) is 0.500. The number of aliphatic hydroxyl groups excluding tert-OH is 1. The van der Waals surface area contributed by atoms with E-state index in [1.165, 1.54) is 0 Å². The van der Waals surface area contributed by atoms with Crippen molar-refractivity contribution in [2.75, 3.05) is 6.61 Å². The van der Waals surface area contributed by atoms with Gasteiger partial charge in [-0.05, 0) is 13.8 Å². The molecule has 0 aliphatic carbocycles. The Morgan fingerprint density at radius 3 is 2.41 bits per heavy atom. The lowest BCUT2D eigenvalue weighted by atomic mass is 10.1. The number of hydrogen-bond acceptors (Lipinski definition) is 4. The van der Waals surface area contributed by atoms with E-state index in [1.54, 1.807) is 25.6 Å². The normalized spacial score (nSPS) is 12.2. The van der Waals surface area contributed by atoms with Crippen molar-refractivity contribution in [1.82, 2.24) is 15.1 Å². The van der Waals surface area contributed by atoms with Crippen molar-refractivity contribution < 1.29 is 19.8 Å². The van der Waals surface area contributed by atoms with Crippen LogP contribution in [0.25, 0.3) is 0 Å². The van der Waals surface area contributed by atoms with E-state index in [4.69, 9.17) is 10.2 Å². The van der Waals surface area contributed by atoms with Gasteiger partial charge in [-0.25, -0.2) is 4.79 Å². The van der Waals surface area contributed by atoms with Gasteiger partial charge in [0, 0.05) is 12.7 Å². The Balaban J connectivity index is 2.94. The second-order valence-corrected chi connectivity index (χ2v) is 3.72. The maximum Gasteiger partial charge on any atom is 0.328 e. The summed E-state index contributed by atoms with van der Waals surface area (Å²) in [7, 11) is 1.69. The average molecular weight is 241 g/mol. The van der Waals surface area contributed by atoms with Gasteiger partial charge in [0.15, 0.2) is 6.04 Å². The largest absolute Gasteiger partial charge is 0.480 e. The number of carboxylic acid groups (broad SMARTS) is 1. The van der Waals surface area contributed by atoms with Crippen LogP contribution in [0.2, 0.25) is 0 Å². The Morgan fingerprint density at radius 2 is 2.06 bits per heavy atom. The number of aliphatic hydroxyl groups is 1. The van der Waals surface area contributed by atoms with Crippen molar-refractivity contribution in [2.45, 2.75) is 19.9 Å². The molecule has 17 heavy (non-hydrogen) atoms. The molecule has 0 aromatic carbocycles. The van der Waals surface area contributed by atoms with Gasteiger partial charge in [-0.2, -0.15) is 5.10 Å². The highest BCUT2D eigenvalue weighted by Crippen LogP contribution is 2.11. The summed E-state index contributed by atoms with van der Waals surface area (Å²) in [6, 6.07) is -1.30. The third-order valence-corrected chi connectivity index (χ3v) is 2.52. The fourth-order valence-electron chi connectivity index (χ4n) is 1.52. The number of nitrogens with one attached hydrogen (secondary N) is 1. The number of rotatable bonds is 4. The lowest BCUT2D eigenvalue weighted by molar-refractivity contribution is -0.140. The van der Waals surface area contributed by atoms with Gasteiger partial charge in [0.1, 0.15) is 0 Å². The quantitative estimate of drug-likeness (QED) is 0.641. The molecule has 1 aromatic heterocycles. The summed E-state index contributed by atoms with van der Waals surface area (Å²) >= 11 is 0. The molecule has 0 saturated carbocycles. The molecule has 0 unspecified atom stereocenters. The number of hydrogen-bond donors (Lipinski definition) is 3. The van der Waals surface area contributed by atoms with Gasteiger partial charge in [0.05, 0.1) is 17.9 Å². The molecule has 0 saturated heterocycles.